The summed E-state index contributed by atoms with van der Waals surface area (Å²) in [6.45, 7) is 2.02. The number of aliphatic imine (C=N–C) groups is 1. The van der Waals surface area contributed by atoms with Crippen LogP contribution in [0.15, 0.2) is 62.5 Å². The largest absolute Gasteiger partial charge is 0.253 e. The van der Waals surface area contributed by atoms with Crippen molar-refractivity contribution in [3.05, 3.63) is 63.0 Å². The zero-order valence-corrected chi connectivity index (χ0v) is 12.5. The van der Waals surface area contributed by atoms with Crippen molar-refractivity contribution >= 4 is 43.3 Å². The highest BCUT2D eigenvalue weighted by atomic mass is 79.9. The first-order valence-electron chi connectivity index (χ1n) is 5.22. The van der Waals surface area contributed by atoms with Gasteiger partial charge in [-0.05, 0) is 48.9 Å². The maximum atomic E-state index is 4.58. The van der Waals surface area contributed by atoms with Gasteiger partial charge >= 0.3 is 0 Å². The van der Waals surface area contributed by atoms with E-state index in [1.54, 1.807) is 0 Å². The van der Waals surface area contributed by atoms with E-state index in [0.29, 0.717) is 0 Å². The van der Waals surface area contributed by atoms with Gasteiger partial charge in [-0.15, -0.1) is 0 Å². The predicted molar refractivity (Wildman–Crippen MR) is 80.2 cm³/mol. The highest BCUT2D eigenvalue weighted by Crippen LogP contribution is 2.18. The van der Waals surface area contributed by atoms with Crippen molar-refractivity contribution in [2.45, 2.75) is 6.92 Å². The van der Waals surface area contributed by atoms with E-state index < -0.39 is 0 Å². The Hall–Kier alpha value is -0.930. The molecule has 0 heterocycles. The molecule has 0 spiro atoms. The van der Waals surface area contributed by atoms with Gasteiger partial charge in [-0.1, -0.05) is 44.0 Å². The van der Waals surface area contributed by atoms with Crippen LogP contribution in [-0.4, -0.2) is 5.71 Å². The minimum absolute atomic E-state index is 0.966. The smallest absolute Gasteiger partial charge is 0.0633 e. The van der Waals surface area contributed by atoms with Gasteiger partial charge in [0, 0.05) is 14.7 Å². The van der Waals surface area contributed by atoms with E-state index in [1.807, 2.05) is 43.3 Å². The van der Waals surface area contributed by atoms with Gasteiger partial charge in [-0.25, -0.2) is 0 Å². The molecule has 0 radical (unpaired) electrons. The van der Waals surface area contributed by atoms with Crippen LogP contribution in [0.1, 0.15) is 12.5 Å². The number of halogens is 2. The minimum atomic E-state index is 0.966. The molecule has 2 aromatic carbocycles. The average Bonchev–Trinajstić information content (AvgIpc) is 2.33. The van der Waals surface area contributed by atoms with Crippen molar-refractivity contribution in [3.8, 4) is 0 Å². The van der Waals surface area contributed by atoms with Crippen LogP contribution in [-0.2, 0) is 0 Å². The van der Waals surface area contributed by atoms with Crippen molar-refractivity contribution in [3.63, 3.8) is 0 Å². The normalized spacial score (nSPS) is 11.6. The Morgan fingerprint density at radius 1 is 0.824 bits per heavy atom. The second-order valence-electron chi connectivity index (χ2n) is 3.68. The van der Waals surface area contributed by atoms with Gasteiger partial charge in [0.05, 0.1) is 5.69 Å². The first kappa shape index (κ1) is 12.5. The lowest BCUT2D eigenvalue weighted by atomic mass is 10.1. The fourth-order valence-electron chi connectivity index (χ4n) is 1.46. The second kappa shape index (κ2) is 5.61. The van der Waals surface area contributed by atoms with E-state index in [-0.39, 0.29) is 0 Å². The van der Waals surface area contributed by atoms with Crippen LogP contribution in [0.4, 0.5) is 5.69 Å². The fourth-order valence-corrected chi connectivity index (χ4v) is 1.99. The van der Waals surface area contributed by atoms with E-state index in [2.05, 4.69) is 49.0 Å². The van der Waals surface area contributed by atoms with E-state index in [0.717, 1.165) is 25.9 Å². The second-order valence-corrected chi connectivity index (χ2v) is 5.51. The van der Waals surface area contributed by atoms with Gasteiger partial charge in [0.1, 0.15) is 0 Å². The highest BCUT2D eigenvalue weighted by molar-refractivity contribution is 9.10. The predicted octanol–water partition coefficient (Wildman–Crippen LogP) is 5.35. The van der Waals surface area contributed by atoms with Crippen molar-refractivity contribution in [2.24, 2.45) is 4.99 Å². The Labute approximate surface area is 118 Å². The van der Waals surface area contributed by atoms with Gasteiger partial charge in [0.25, 0.3) is 0 Å². The molecule has 1 nitrogen and oxygen atoms in total. The van der Waals surface area contributed by atoms with Crippen LogP contribution in [0.25, 0.3) is 0 Å². The van der Waals surface area contributed by atoms with Crippen LogP contribution < -0.4 is 0 Å². The molecule has 2 rings (SSSR count). The summed E-state index contributed by atoms with van der Waals surface area (Å²) in [6.07, 6.45) is 0. The Morgan fingerprint density at radius 2 is 1.29 bits per heavy atom. The highest BCUT2D eigenvalue weighted by Gasteiger charge is 1.97. The molecule has 3 heteroatoms. The van der Waals surface area contributed by atoms with Gasteiger partial charge in [0.2, 0.25) is 0 Å². The zero-order valence-electron chi connectivity index (χ0n) is 9.32. The molecule has 0 aliphatic heterocycles. The summed E-state index contributed by atoms with van der Waals surface area (Å²) in [5, 5.41) is 0. The van der Waals surface area contributed by atoms with Gasteiger partial charge < -0.3 is 0 Å². The topological polar surface area (TPSA) is 12.4 Å². The Bertz CT molecular complexity index is 527. The molecular formula is C14H11Br2N. The SMILES string of the molecule is CC(=Nc1ccc(Br)cc1)c1ccc(Br)cc1. The number of rotatable bonds is 2. The molecule has 0 amide bonds. The number of hydrogen-bond donors (Lipinski definition) is 0. The monoisotopic (exact) mass is 351 g/mol. The summed E-state index contributed by atoms with van der Waals surface area (Å²) in [7, 11) is 0. The molecule has 0 unspecified atom stereocenters. The molecule has 86 valence electrons. The third kappa shape index (κ3) is 3.51. The van der Waals surface area contributed by atoms with Crippen LogP contribution >= 0.6 is 31.9 Å². The summed E-state index contributed by atoms with van der Waals surface area (Å²) in [6, 6.07) is 16.1. The summed E-state index contributed by atoms with van der Waals surface area (Å²) in [5.74, 6) is 0. The standard InChI is InChI=1S/C14H11Br2N/c1-10(11-2-4-12(15)5-3-11)17-14-8-6-13(16)7-9-14/h2-9H,1H3. The molecule has 0 saturated heterocycles. The molecule has 0 aliphatic rings. The molecule has 2 aromatic rings. The van der Waals surface area contributed by atoms with Crippen molar-refractivity contribution in [1.29, 1.82) is 0 Å². The van der Waals surface area contributed by atoms with Crippen LogP contribution in [0, 0.1) is 0 Å². The van der Waals surface area contributed by atoms with Crippen molar-refractivity contribution < 1.29 is 0 Å². The van der Waals surface area contributed by atoms with E-state index >= 15 is 0 Å². The summed E-state index contributed by atoms with van der Waals surface area (Å²) < 4.78 is 2.15. The van der Waals surface area contributed by atoms with Crippen LogP contribution in [0.3, 0.4) is 0 Å². The van der Waals surface area contributed by atoms with Crippen molar-refractivity contribution in [2.75, 3.05) is 0 Å². The molecular weight excluding hydrogens is 342 g/mol. The van der Waals surface area contributed by atoms with Gasteiger partial charge in [-0.2, -0.15) is 0 Å². The van der Waals surface area contributed by atoms with Crippen LogP contribution in [0.5, 0.6) is 0 Å². The summed E-state index contributed by atoms with van der Waals surface area (Å²) in [4.78, 5) is 4.58. The molecule has 0 N–H and O–H groups in total. The Kier molecular flexibility index (Phi) is 4.13. The third-order valence-electron chi connectivity index (χ3n) is 2.39. The molecule has 17 heavy (non-hydrogen) atoms. The van der Waals surface area contributed by atoms with Crippen LogP contribution in [0.2, 0.25) is 0 Å². The fraction of sp³-hybridized carbons (Fsp3) is 0.0714. The minimum Gasteiger partial charge on any atom is -0.253 e. The lowest BCUT2D eigenvalue weighted by molar-refractivity contribution is 1.46. The Morgan fingerprint density at radius 3 is 1.82 bits per heavy atom. The lowest BCUT2D eigenvalue weighted by Crippen LogP contribution is -1.92. The van der Waals surface area contributed by atoms with E-state index in [4.69, 9.17) is 0 Å². The number of benzene rings is 2. The van der Waals surface area contributed by atoms with Crippen molar-refractivity contribution in [1.82, 2.24) is 0 Å². The molecule has 0 atom stereocenters. The third-order valence-corrected chi connectivity index (χ3v) is 3.44. The maximum absolute atomic E-state index is 4.58. The molecule has 0 fully saturated rings. The van der Waals surface area contributed by atoms with E-state index in [9.17, 15) is 0 Å². The molecule has 0 saturated carbocycles. The van der Waals surface area contributed by atoms with Gasteiger partial charge in [0.15, 0.2) is 0 Å². The quantitative estimate of drug-likeness (QED) is 0.646. The summed E-state index contributed by atoms with van der Waals surface area (Å²) >= 11 is 6.84. The molecule has 0 aliphatic carbocycles. The average molecular weight is 353 g/mol. The first-order chi connectivity index (χ1) is 8.15. The maximum Gasteiger partial charge on any atom is 0.0633 e. The Balaban J connectivity index is 2.27. The van der Waals surface area contributed by atoms with Gasteiger partial charge in [-0.3, -0.25) is 4.99 Å². The number of hydrogen-bond acceptors (Lipinski definition) is 1. The zero-order chi connectivity index (χ0) is 12.3. The van der Waals surface area contributed by atoms with E-state index in [1.165, 1.54) is 0 Å². The first-order valence-corrected chi connectivity index (χ1v) is 6.80. The summed E-state index contributed by atoms with van der Waals surface area (Å²) in [5.41, 5.74) is 3.12. The number of nitrogens with zero attached hydrogens (tertiary/aromatic N) is 1. The molecule has 0 bridgehead atoms. The molecule has 0 aromatic heterocycles. The lowest BCUT2D eigenvalue weighted by Gasteiger charge is -2.01.